The van der Waals surface area contributed by atoms with Crippen LogP contribution in [0.1, 0.15) is 0 Å². The van der Waals surface area contributed by atoms with Gasteiger partial charge in [0.25, 0.3) is 0 Å². The summed E-state index contributed by atoms with van der Waals surface area (Å²) in [6.07, 6.45) is 8.59. The summed E-state index contributed by atoms with van der Waals surface area (Å²) in [5.74, 6) is 4.56. The van der Waals surface area contributed by atoms with Gasteiger partial charge in [-0.05, 0) is 62.6 Å². The molecule has 0 unspecified atom stereocenters. The van der Waals surface area contributed by atoms with Crippen LogP contribution in [0.4, 0.5) is 0 Å². The second kappa shape index (κ2) is 4.38. The minimum absolute atomic E-state index is 0.343. The van der Waals surface area contributed by atoms with E-state index in [-0.39, 0.29) is 0 Å². The first-order valence-corrected chi connectivity index (χ1v) is 7.66. The summed E-state index contributed by atoms with van der Waals surface area (Å²) in [6.45, 7) is 0.343. The van der Waals surface area contributed by atoms with Crippen molar-refractivity contribution < 1.29 is 0 Å². The van der Waals surface area contributed by atoms with Crippen LogP contribution in [0.25, 0.3) is 33.7 Å². The van der Waals surface area contributed by atoms with Gasteiger partial charge in [-0.3, -0.25) is 0 Å². The average Bonchev–Trinajstić information content (AvgIpc) is 2.58. The number of hydrogen-bond acceptors (Lipinski definition) is 1. The lowest BCUT2D eigenvalue weighted by Crippen LogP contribution is -2.41. The lowest BCUT2D eigenvalue weighted by molar-refractivity contribution is 0.857. The van der Waals surface area contributed by atoms with Gasteiger partial charge in [0.1, 0.15) is 0 Å². The maximum absolute atomic E-state index is 2.34. The molecule has 0 saturated carbocycles. The van der Waals surface area contributed by atoms with Gasteiger partial charge in [0.15, 0.2) is 0 Å². The fourth-order valence-corrected chi connectivity index (χ4v) is 3.49. The van der Waals surface area contributed by atoms with Gasteiger partial charge < -0.3 is 4.81 Å². The number of nitrogens with zero attached hydrogens (tertiary/aromatic N) is 1. The van der Waals surface area contributed by atoms with E-state index >= 15 is 0 Å². The van der Waals surface area contributed by atoms with Crippen molar-refractivity contribution in [1.82, 2.24) is 4.81 Å². The zero-order valence-corrected chi connectivity index (χ0v) is 12.1. The van der Waals surface area contributed by atoms with E-state index in [4.69, 9.17) is 0 Å². The molecule has 0 aromatic heterocycles. The number of rotatable bonds is 0. The molecule has 2 aliphatic rings. The van der Waals surface area contributed by atoms with E-state index in [2.05, 4.69) is 89.8 Å². The second-order valence-corrected chi connectivity index (χ2v) is 5.95. The Hall–Kier alpha value is -2.74. The highest BCUT2D eigenvalue weighted by molar-refractivity contribution is 6.76. The highest BCUT2D eigenvalue weighted by atomic mass is 15.0. The van der Waals surface area contributed by atoms with Crippen LogP contribution in [0.5, 0.6) is 0 Å². The van der Waals surface area contributed by atoms with E-state index in [1.54, 1.807) is 0 Å². The normalized spacial score (nSPS) is 15.5. The van der Waals surface area contributed by atoms with Crippen LogP contribution in [0.3, 0.4) is 0 Å². The summed E-state index contributed by atoms with van der Waals surface area (Å²) in [6, 6.07) is 17.7. The third kappa shape index (κ3) is 1.67. The van der Waals surface area contributed by atoms with Crippen LogP contribution >= 0.6 is 0 Å². The van der Waals surface area contributed by atoms with Gasteiger partial charge in [0.05, 0.1) is 0 Å². The molecule has 0 saturated heterocycles. The highest BCUT2D eigenvalue weighted by Crippen LogP contribution is 2.23. The quantitative estimate of drug-likeness (QED) is 0.451. The summed E-state index contributed by atoms with van der Waals surface area (Å²) in [5, 5.41) is 7.88. The van der Waals surface area contributed by atoms with Crippen LogP contribution in [-0.4, -0.2) is 11.7 Å². The molecule has 3 aromatic carbocycles. The Morgan fingerprint density at radius 3 is 2.68 bits per heavy atom. The van der Waals surface area contributed by atoms with Crippen molar-refractivity contribution in [2.45, 2.75) is 0 Å². The number of fused-ring (bicyclic) bond motifs is 5. The van der Waals surface area contributed by atoms with Crippen LogP contribution in [0, 0.1) is 0 Å². The number of benzene rings is 3. The molecule has 2 heterocycles. The standard InChI is InChI=1S/C20H14BN/c1-2-6-19-15(5-1)7-8-16-11-17-13-21-9-3-4-10-22(21)14-18(17)12-20(16)19/h1-14H. The van der Waals surface area contributed by atoms with Gasteiger partial charge in [-0.2, -0.15) is 0 Å². The smallest absolute Gasteiger partial charge is 0.312 e. The Morgan fingerprint density at radius 1 is 0.773 bits per heavy atom. The molecule has 102 valence electrons. The largest absolute Gasteiger partial charge is 0.389 e. The molecule has 0 aliphatic carbocycles. The average molecular weight is 279 g/mol. The zero-order valence-electron chi connectivity index (χ0n) is 12.1. The molecule has 5 rings (SSSR count). The lowest BCUT2D eigenvalue weighted by atomic mass is 9.58. The Morgan fingerprint density at radius 2 is 1.68 bits per heavy atom. The van der Waals surface area contributed by atoms with E-state index in [0.717, 1.165) is 0 Å². The third-order valence-electron chi connectivity index (χ3n) is 4.61. The third-order valence-corrected chi connectivity index (χ3v) is 4.61. The molecule has 0 spiro atoms. The summed E-state index contributed by atoms with van der Waals surface area (Å²) < 4.78 is 0. The SMILES string of the molecule is C1=CB2C=c3cc4ccc5ccccc5c4cc3=CN2C=C1. The Labute approximate surface area is 129 Å². The zero-order chi connectivity index (χ0) is 14.5. The molecule has 0 bridgehead atoms. The Bertz CT molecular complexity index is 1090. The minimum Gasteiger partial charge on any atom is -0.389 e. The predicted molar refractivity (Wildman–Crippen MR) is 95.5 cm³/mol. The molecule has 1 nitrogen and oxygen atoms in total. The molecule has 0 N–H and O–H groups in total. The van der Waals surface area contributed by atoms with Crippen LogP contribution in [-0.2, 0) is 0 Å². The summed E-state index contributed by atoms with van der Waals surface area (Å²) in [4.78, 5) is 2.26. The lowest BCUT2D eigenvalue weighted by Gasteiger charge is -2.24. The van der Waals surface area contributed by atoms with Crippen molar-refractivity contribution in [2.75, 3.05) is 0 Å². The van der Waals surface area contributed by atoms with Crippen molar-refractivity contribution >= 4 is 40.6 Å². The first kappa shape index (κ1) is 11.9. The fourth-order valence-electron chi connectivity index (χ4n) is 3.49. The topological polar surface area (TPSA) is 3.24 Å². The van der Waals surface area contributed by atoms with Crippen LogP contribution < -0.4 is 10.4 Å². The monoisotopic (exact) mass is 279 g/mol. The highest BCUT2D eigenvalue weighted by Gasteiger charge is 2.18. The first-order valence-electron chi connectivity index (χ1n) is 7.66. The molecule has 0 fully saturated rings. The van der Waals surface area contributed by atoms with Crippen molar-refractivity contribution in [2.24, 2.45) is 0 Å². The summed E-state index contributed by atoms with van der Waals surface area (Å²) >= 11 is 0. The van der Waals surface area contributed by atoms with E-state index in [9.17, 15) is 0 Å². The van der Waals surface area contributed by atoms with Crippen molar-refractivity contribution in [3.05, 3.63) is 83.3 Å². The predicted octanol–water partition coefficient (Wildman–Crippen LogP) is 2.98. The van der Waals surface area contributed by atoms with Crippen molar-refractivity contribution in [3.63, 3.8) is 0 Å². The Kier molecular flexibility index (Phi) is 2.36. The molecule has 3 aromatic rings. The molecular weight excluding hydrogens is 265 g/mol. The van der Waals surface area contributed by atoms with Crippen LogP contribution in [0.15, 0.2) is 72.9 Å². The van der Waals surface area contributed by atoms with Gasteiger partial charge in [-0.15, -0.1) is 0 Å². The first-order chi connectivity index (χ1) is 10.9. The molecule has 2 heteroatoms. The summed E-state index contributed by atoms with van der Waals surface area (Å²) in [7, 11) is 0. The fraction of sp³-hybridized carbons (Fsp3) is 0. The second-order valence-electron chi connectivity index (χ2n) is 5.95. The molecule has 0 atom stereocenters. The van der Waals surface area contributed by atoms with Gasteiger partial charge in [-0.1, -0.05) is 54.4 Å². The van der Waals surface area contributed by atoms with E-state index in [1.165, 1.54) is 32.0 Å². The van der Waals surface area contributed by atoms with Gasteiger partial charge in [0.2, 0.25) is 0 Å². The van der Waals surface area contributed by atoms with Crippen molar-refractivity contribution in [1.29, 1.82) is 0 Å². The van der Waals surface area contributed by atoms with E-state index < -0.39 is 0 Å². The minimum atomic E-state index is 0.343. The van der Waals surface area contributed by atoms with Crippen molar-refractivity contribution in [3.8, 4) is 0 Å². The van der Waals surface area contributed by atoms with Gasteiger partial charge >= 0.3 is 6.85 Å². The van der Waals surface area contributed by atoms with Crippen LogP contribution in [0.2, 0.25) is 0 Å². The van der Waals surface area contributed by atoms with E-state index in [1.807, 2.05) is 0 Å². The summed E-state index contributed by atoms with van der Waals surface area (Å²) in [5.41, 5.74) is 0. The van der Waals surface area contributed by atoms with E-state index in [0.29, 0.717) is 6.85 Å². The van der Waals surface area contributed by atoms with Gasteiger partial charge in [-0.25, -0.2) is 0 Å². The maximum Gasteiger partial charge on any atom is 0.312 e. The molecular formula is C20H14BN. The Balaban J connectivity index is 1.89. The number of allylic oxidation sites excluding steroid dienone is 2. The molecule has 0 amide bonds. The van der Waals surface area contributed by atoms with Gasteiger partial charge in [0, 0.05) is 0 Å². The molecule has 0 radical (unpaired) electrons. The number of hydrogen-bond donors (Lipinski definition) is 0. The maximum atomic E-state index is 2.34. The molecule has 22 heavy (non-hydrogen) atoms. The molecule has 2 aliphatic heterocycles.